The second-order valence-corrected chi connectivity index (χ2v) is 5.26. The molecule has 2 atom stereocenters. The topological polar surface area (TPSA) is 29.9 Å². The highest BCUT2D eigenvalue weighted by Crippen LogP contribution is 2.33. The fourth-order valence-electron chi connectivity index (χ4n) is 2.71. The van der Waals surface area contributed by atoms with Crippen LogP contribution in [0.2, 0.25) is 0 Å². The van der Waals surface area contributed by atoms with E-state index < -0.39 is 12.5 Å². The van der Waals surface area contributed by atoms with Gasteiger partial charge in [-0.05, 0) is 19.3 Å². The number of nitrogens with zero attached hydrogens (tertiary/aromatic N) is 2. The normalized spacial score (nSPS) is 20.2. The van der Waals surface area contributed by atoms with Gasteiger partial charge in [0.25, 0.3) is 6.43 Å². The smallest absolute Gasteiger partial charge is 0.260 e. The van der Waals surface area contributed by atoms with E-state index >= 15 is 0 Å². The summed E-state index contributed by atoms with van der Waals surface area (Å²) in [4.78, 5) is 0. The summed E-state index contributed by atoms with van der Waals surface area (Å²) < 4.78 is 27.5. The lowest BCUT2D eigenvalue weighted by Gasteiger charge is -2.24. The molecule has 1 aromatic rings. The summed E-state index contributed by atoms with van der Waals surface area (Å²) in [5.41, 5.74) is 0.964. The number of hydrogen-bond acceptors (Lipinski definition) is 2. The van der Waals surface area contributed by atoms with Crippen molar-refractivity contribution in [3.63, 3.8) is 0 Å². The SMILES string of the molecule is CCCCC(CC)c1cc2n(n1)C(C(F)F)CCN2. The summed E-state index contributed by atoms with van der Waals surface area (Å²) in [6.45, 7) is 4.90. The van der Waals surface area contributed by atoms with Crippen molar-refractivity contribution in [1.82, 2.24) is 9.78 Å². The molecule has 2 unspecified atom stereocenters. The summed E-state index contributed by atoms with van der Waals surface area (Å²) in [5, 5.41) is 7.62. The van der Waals surface area contributed by atoms with Crippen LogP contribution in [0.15, 0.2) is 6.07 Å². The summed E-state index contributed by atoms with van der Waals surface area (Å²) in [5.74, 6) is 1.14. The Morgan fingerprint density at radius 2 is 2.26 bits per heavy atom. The van der Waals surface area contributed by atoms with Crippen molar-refractivity contribution >= 4 is 5.82 Å². The Morgan fingerprint density at radius 3 is 2.89 bits per heavy atom. The van der Waals surface area contributed by atoms with Crippen LogP contribution in [0.3, 0.4) is 0 Å². The van der Waals surface area contributed by atoms with Gasteiger partial charge < -0.3 is 5.32 Å². The quantitative estimate of drug-likeness (QED) is 0.840. The number of alkyl halides is 2. The maximum absolute atomic E-state index is 13.0. The van der Waals surface area contributed by atoms with E-state index in [1.165, 1.54) is 4.68 Å². The van der Waals surface area contributed by atoms with E-state index in [2.05, 4.69) is 24.3 Å². The molecule has 1 aromatic heterocycles. The molecule has 5 heteroatoms. The molecule has 1 aliphatic heterocycles. The van der Waals surface area contributed by atoms with Crippen molar-refractivity contribution in [2.24, 2.45) is 0 Å². The molecule has 0 aliphatic carbocycles. The van der Waals surface area contributed by atoms with Crippen LogP contribution < -0.4 is 5.32 Å². The van der Waals surface area contributed by atoms with Crippen LogP contribution in [0.4, 0.5) is 14.6 Å². The first-order valence-corrected chi connectivity index (χ1v) is 7.28. The minimum atomic E-state index is -2.34. The third kappa shape index (κ3) is 3.07. The first kappa shape index (κ1) is 14.3. The molecule has 0 spiro atoms. The van der Waals surface area contributed by atoms with Crippen LogP contribution in [-0.4, -0.2) is 22.8 Å². The zero-order valence-electron chi connectivity index (χ0n) is 11.7. The van der Waals surface area contributed by atoms with Gasteiger partial charge in [0.1, 0.15) is 11.9 Å². The molecular weight excluding hydrogens is 248 g/mol. The minimum Gasteiger partial charge on any atom is -0.370 e. The second kappa shape index (κ2) is 6.35. The van der Waals surface area contributed by atoms with Crippen LogP contribution in [0.5, 0.6) is 0 Å². The summed E-state index contributed by atoms with van der Waals surface area (Å²) in [6, 6.07) is 1.19. The minimum absolute atomic E-state index is 0.387. The Labute approximate surface area is 113 Å². The van der Waals surface area contributed by atoms with E-state index in [0.717, 1.165) is 37.2 Å². The van der Waals surface area contributed by atoms with Gasteiger partial charge in [-0.1, -0.05) is 26.7 Å². The van der Waals surface area contributed by atoms with Crippen molar-refractivity contribution in [2.45, 2.75) is 64.3 Å². The van der Waals surface area contributed by atoms with Crippen molar-refractivity contribution in [3.8, 4) is 0 Å². The molecule has 0 saturated carbocycles. The van der Waals surface area contributed by atoms with E-state index in [0.29, 0.717) is 18.9 Å². The summed E-state index contributed by atoms with van der Waals surface area (Å²) in [7, 11) is 0. The van der Waals surface area contributed by atoms with Crippen molar-refractivity contribution in [2.75, 3.05) is 11.9 Å². The van der Waals surface area contributed by atoms with E-state index in [-0.39, 0.29) is 0 Å². The molecule has 2 rings (SSSR count). The molecule has 2 heterocycles. The molecule has 0 amide bonds. The number of hydrogen-bond donors (Lipinski definition) is 1. The standard InChI is InChI=1S/C14H23F2N3/c1-3-5-6-10(4-2)11-9-13-17-8-7-12(14(15)16)19(13)18-11/h9-10,12,14,17H,3-8H2,1-2H3. The first-order valence-electron chi connectivity index (χ1n) is 7.28. The molecule has 3 nitrogen and oxygen atoms in total. The maximum atomic E-state index is 13.0. The zero-order valence-corrected chi connectivity index (χ0v) is 11.7. The van der Waals surface area contributed by atoms with Gasteiger partial charge in [0.15, 0.2) is 0 Å². The van der Waals surface area contributed by atoms with Gasteiger partial charge in [-0.2, -0.15) is 5.10 Å². The van der Waals surface area contributed by atoms with Gasteiger partial charge in [-0.15, -0.1) is 0 Å². The summed E-state index contributed by atoms with van der Waals surface area (Å²) in [6.07, 6.45) is 2.51. The van der Waals surface area contributed by atoms with Gasteiger partial charge in [0, 0.05) is 18.5 Å². The van der Waals surface area contributed by atoms with Crippen molar-refractivity contribution < 1.29 is 8.78 Å². The molecule has 108 valence electrons. The fraction of sp³-hybridized carbons (Fsp3) is 0.786. The van der Waals surface area contributed by atoms with Crippen molar-refractivity contribution in [3.05, 3.63) is 11.8 Å². The van der Waals surface area contributed by atoms with E-state index in [1.54, 1.807) is 0 Å². The van der Waals surface area contributed by atoms with Crippen LogP contribution in [0.1, 0.15) is 63.6 Å². The molecular formula is C14H23F2N3. The molecule has 1 aliphatic rings. The average Bonchev–Trinajstić information content (AvgIpc) is 2.82. The monoisotopic (exact) mass is 271 g/mol. The van der Waals surface area contributed by atoms with Crippen molar-refractivity contribution in [1.29, 1.82) is 0 Å². The molecule has 0 aromatic carbocycles. The van der Waals surface area contributed by atoms with Gasteiger partial charge in [-0.25, -0.2) is 13.5 Å². The number of fused-ring (bicyclic) bond motifs is 1. The predicted molar refractivity (Wildman–Crippen MR) is 72.9 cm³/mol. The van der Waals surface area contributed by atoms with Gasteiger partial charge in [0.2, 0.25) is 0 Å². The van der Waals surface area contributed by atoms with Gasteiger partial charge >= 0.3 is 0 Å². The van der Waals surface area contributed by atoms with Crippen LogP contribution >= 0.6 is 0 Å². The highest BCUT2D eigenvalue weighted by Gasteiger charge is 2.29. The Morgan fingerprint density at radius 1 is 1.47 bits per heavy atom. The third-order valence-corrected chi connectivity index (χ3v) is 3.92. The van der Waals surface area contributed by atoms with Crippen LogP contribution in [0.25, 0.3) is 0 Å². The van der Waals surface area contributed by atoms with Gasteiger partial charge in [0.05, 0.1) is 5.69 Å². The molecule has 0 saturated heterocycles. The maximum Gasteiger partial charge on any atom is 0.260 e. The summed E-state index contributed by atoms with van der Waals surface area (Å²) >= 11 is 0. The molecule has 1 N–H and O–H groups in total. The second-order valence-electron chi connectivity index (χ2n) is 5.26. The Kier molecular flexibility index (Phi) is 4.77. The fourth-order valence-corrected chi connectivity index (χ4v) is 2.71. The van der Waals surface area contributed by atoms with E-state index in [9.17, 15) is 8.78 Å². The average molecular weight is 271 g/mol. The molecule has 19 heavy (non-hydrogen) atoms. The number of nitrogens with one attached hydrogen (secondary N) is 1. The molecule has 0 fully saturated rings. The zero-order chi connectivity index (χ0) is 13.8. The largest absolute Gasteiger partial charge is 0.370 e. The molecule has 0 bridgehead atoms. The number of unbranched alkanes of at least 4 members (excludes halogenated alkanes) is 1. The highest BCUT2D eigenvalue weighted by atomic mass is 19.3. The van der Waals surface area contributed by atoms with Crippen LogP contribution in [0, 0.1) is 0 Å². The Balaban J connectivity index is 2.20. The lowest BCUT2D eigenvalue weighted by molar-refractivity contribution is 0.0712. The number of aromatic nitrogens is 2. The van der Waals surface area contributed by atoms with E-state index in [4.69, 9.17) is 0 Å². The van der Waals surface area contributed by atoms with Gasteiger partial charge in [-0.3, -0.25) is 0 Å². The third-order valence-electron chi connectivity index (χ3n) is 3.92. The number of anilines is 1. The predicted octanol–water partition coefficient (Wildman–Crippen LogP) is 4.19. The van der Waals surface area contributed by atoms with E-state index in [1.807, 2.05) is 6.07 Å². The lowest BCUT2D eigenvalue weighted by atomic mass is 9.96. The Bertz CT molecular complexity index is 403. The number of halogens is 2. The number of rotatable bonds is 6. The highest BCUT2D eigenvalue weighted by molar-refractivity contribution is 5.40. The molecule has 0 radical (unpaired) electrons. The lowest BCUT2D eigenvalue weighted by Crippen LogP contribution is -2.28. The Hall–Kier alpha value is -1.13. The van der Waals surface area contributed by atoms with Crippen LogP contribution in [-0.2, 0) is 0 Å². The first-order chi connectivity index (χ1) is 9.17.